The van der Waals surface area contributed by atoms with E-state index in [0.29, 0.717) is 19.3 Å². The molecule has 3 aliphatic rings. The van der Waals surface area contributed by atoms with Crippen LogP contribution in [0.4, 0.5) is 0 Å². The summed E-state index contributed by atoms with van der Waals surface area (Å²) in [4.78, 5) is 13.2. The topological polar surface area (TPSA) is 307 Å². The van der Waals surface area contributed by atoms with E-state index in [1.807, 2.05) is 0 Å². The van der Waals surface area contributed by atoms with Crippen molar-refractivity contribution in [2.45, 2.75) is 266 Å². The van der Waals surface area contributed by atoms with Crippen LogP contribution in [0.25, 0.3) is 0 Å². The molecule has 0 aliphatic carbocycles. The van der Waals surface area contributed by atoms with E-state index in [-0.39, 0.29) is 18.9 Å². The minimum atomic E-state index is -1.97. The van der Waals surface area contributed by atoms with Crippen molar-refractivity contribution in [1.82, 2.24) is 5.32 Å². The fraction of sp³-hybridized carbons (Fsp3) is 0.780. The molecule has 19 nitrogen and oxygen atoms in total. The number of amides is 1. The largest absolute Gasteiger partial charge is 0.394 e. The second-order valence-electron chi connectivity index (χ2n) is 20.7. The first-order chi connectivity index (χ1) is 37.8. The van der Waals surface area contributed by atoms with Gasteiger partial charge in [0.15, 0.2) is 18.9 Å². The van der Waals surface area contributed by atoms with Gasteiger partial charge in [-0.05, 0) is 64.2 Å². The van der Waals surface area contributed by atoms with Gasteiger partial charge in [0.25, 0.3) is 0 Å². The maximum atomic E-state index is 13.2. The summed E-state index contributed by atoms with van der Waals surface area (Å²) in [6, 6.07) is -0.889. The third kappa shape index (κ3) is 26.0. The Morgan fingerprint density at radius 1 is 0.474 bits per heavy atom. The molecular weight excluding hydrogens is 1010 g/mol. The van der Waals surface area contributed by atoms with Gasteiger partial charge < -0.3 is 89.9 Å². The van der Waals surface area contributed by atoms with Gasteiger partial charge in [0.1, 0.15) is 73.2 Å². The van der Waals surface area contributed by atoms with Crippen molar-refractivity contribution in [3.8, 4) is 0 Å². The molecule has 78 heavy (non-hydrogen) atoms. The number of hydrogen-bond donors (Lipinski definition) is 12. The normalized spacial score (nSPS) is 31.0. The first kappa shape index (κ1) is 69.5. The molecule has 0 spiro atoms. The average Bonchev–Trinajstić information content (AvgIpc) is 3.48. The molecule has 3 rings (SSSR count). The molecule has 3 fully saturated rings. The smallest absolute Gasteiger partial charge is 0.220 e. The van der Waals surface area contributed by atoms with Crippen LogP contribution in [0.2, 0.25) is 0 Å². The Morgan fingerprint density at radius 3 is 1.37 bits per heavy atom. The van der Waals surface area contributed by atoms with Crippen LogP contribution < -0.4 is 5.32 Å². The van der Waals surface area contributed by atoms with Crippen molar-refractivity contribution in [2.24, 2.45) is 0 Å². The zero-order chi connectivity index (χ0) is 56.9. The molecule has 1 amide bonds. The quantitative estimate of drug-likeness (QED) is 0.0293. The number of aliphatic hydroxyl groups excluding tert-OH is 11. The van der Waals surface area contributed by atoms with Gasteiger partial charge >= 0.3 is 0 Å². The van der Waals surface area contributed by atoms with Crippen molar-refractivity contribution in [2.75, 3.05) is 26.4 Å². The molecule has 0 radical (unpaired) electrons. The lowest BCUT2D eigenvalue weighted by molar-refractivity contribution is -0.379. The van der Waals surface area contributed by atoms with Gasteiger partial charge in [-0.3, -0.25) is 4.79 Å². The lowest BCUT2D eigenvalue weighted by Crippen LogP contribution is -2.66. The highest BCUT2D eigenvalue weighted by Crippen LogP contribution is 2.33. The van der Waals surface area contributed by atoms with Crippen LogP contribution in [0.1, 0.15) is 162 Å². The standard InChI is InChI=1S/C59H101NO18/c1-3-5-7-9-10-11-12-13-14-15-16-17-18-19-20-21-22-23-24-25-26-27-28-29-30-31-32-33-35-37-47(65)60-42(43(64)36-34-8-6-4-2)41-73-57-53(71)50(68)55(45(39-62)75-57)78-59-54(72)51(69)56(46(40-63)76-59)77-58-52(70)49(67)48(66)44(38-61)74-58/h5,7,10-11,13-14,16-17,19-20,22-23,42-46,48-59,61-64,66-72H,3-4,6,8-9,12,15,18,21,24-41H2,1-2H3,(H,60,65)/b7-5-,11-10-,14-13-,17-16-,20-19-,23-22-. The van der Waals surface area contributed by atoms with Crippen molar-refractivity contribution in [3.05, 3.63) is 72.9 Å². The zero-order valence-corrected chi connectivity index (χ0v) is 46.6. The lowest BCUT2D eigenvalue weighted by atomic mass is 9.96. The molecule has 12 N–H and O–H groups in total. The fourth-order valence-electron chi connectivity index (χ4n) is 9.49. The second-order valence-corrected chi connectivity index (χ2v) is 20.7. The third-order valence-electron chi connectivity index (χ3n) is 14.3. The maximum absolute atomic E-state index is 13.2. The number of aliphatic hydroxyl groups is 11. The predicted octanol–water partition coefficient (Wildman–Crippen LogP) is 4.65. The van der Waals surface area contributed by atoms with Gasteiger partial charge in [-0.25, -0.2) is 0 Å². The summed E-state index contributed by atoms with van der Waals surface area (Å²) >= 11 is 0. The molecule has 17 atom stereocenters. The Bertz CT molecular complexity index is 1710. The van der Waals surface area contributed by atoms with E-state index < -0.39 is 124 Å². The van der Waals surface area contributed by atoms with Crippen LogP contribution in [0.15, 0.2) is 72.9 Å². The van der Waals surface area contributed by atoms with Gasteiger partial charge in [0, 0.05) is 6.42 Å². The minimum Gasteiger partial charge on any atom is -0.394 e. The van der Waals surface area contributed by atoms with Gasteiger partial charge in [0.05, 0.1) is 38.6 Å². The highest BCUT2D eigenvalue weighted by Gasteiger charge is 2.53. The first-order valence-electron chi connectivity index (χ1n) is 29.2. The molecular formula is C59H101NO18. The van der Waals surface area contributed by atoms with Crippen molar-refractivity contribution in [1.29, 1.82) is 0 Å². The van der Waals surface area contributed by atoms with Crippen LogP contribution in [-0.2, 0) is 33.2 Å². The highest BCUT2D eigenvalue weighted by molar-refractivity contribution is 5.76. The van der Waals surface area contributed by atoms with Gasteiger partial charge in [0.2, 0.25) is 5.91 Å². The molecule has 0 aromatic carbocycles. The van der Waals surface area contributed by atoms with Crippen LogP contribution in [0.3, 0.4) is 0 Å². The summed E-state index contributed by atoms with van der Waals surface area (Å²) in [7, 11) is 0. The molecule has 3 heterocycles. The monoisotopic (exact) mass is 1110 g/mol. The van der Waals surface area contributed by atoms with E-state index in [2.05, 4.69) is 92.1 Å². The van der Waals surface area contributed by atoms with E-state index in [0.717, 1.165) is 89.9 Å². The molecule has 0 bridgehead atoms. The summed E-state index contributed by atoms with van der Waals surface area (Å²) in [5, 5.41) is 119. The van der Waals surface area contributed by atoms with Gasteiger partial charge in [-0.1, -0.05) is 164 Å². The number of nitrogens with one attached hydrogen (secondary N) is 1. The number of carbonyl (C=O) groups excluding carboxylic acids is 1. The Balaban J connectivity index is 1.34. The molecule has 0 saturated carbocycles. The van der Waals surface area contributed by atoms with E-state index in [4.69, 9.17) is 28.4 Å². The molecule has 0 aromatic rings. The highest BCUT2D eigenvalue weighted by atomic mass is 16.8. The lowest BCUT2D eigenvalue weighted by Gasteiger charge is -2.48. The number of rotatable bonds is 41. The van der Waals surface area contributed by atoms with Gasteiger partial charge in [-0.2, -0.15) is 0 Å². The summed E-state index contributed by atoms with van der Waals surface area (Å²) in [6.07, 6.45) is 22.4. The van der Waals surface area contributed by atoms with Crippen molar-refractivity contribution >= 4 is 5.91 Å². The first-order valence-corrected chi connectivity index (χ1v) is 29.2. The summed E-state index contributed by atoms with van der Waals surface area (Å²) in [6.45, 7) is 1.50. The maximum Gasteiger partial charge on any atom is 0.220 e. The Morgan fingerprint density at radius 2 is 0.885 bits per heavy atom. The second kappa shape index (κ2) is 42.1. The zero-order valence-electron chi connectivity index (χ0n) is 46.6. The number of ether oxygens (including phenoxy) is 6. The number of unbranched alkanes of at least 4 members (excludes halogenated alkanes) is 13. The Kier molecular flexibility index (Phi) is 37.5. The minimum absolute atomic E-state index is 0.254. The molecule has 17 unspecified atom stereocenters. The molecule has 3 saturated heterocycles. The Hall–Kier alpha value is -2.77. The molecule has 19 heteroatoms. The molecule has 450 valence electrons. The molecule has 3 aliphatic heterocycles. The van der Waals surface area contributed by atoms with E-state index >= 15 is 0 Å². The Labute approximate surface area is 464 Å². The summed E-state index contributed by atoms with van der Waals surface area (Å²) in [5.74, 6) is -0.262. The van der Waals surface area contributed by atoms with E-state index in [1.165, 1.54) is 32.1 Å². The average molecular weight is 1110 g/mol. The van der Waals surface area contributed by atoms with Crippen molar-refractivity contribution in [3.63, 3.8) is 0 Å². The third-order valence-corrected chi connectivity index (χ3v) is 14.3. The van der Waals surface area contributed by atoms with Gasteiger partial charge in [-0.15, -0.1) is 0 Å². The van der Waals surface area contributed by atoms with Crippen LogP contribution in [0.5, 0.6) is 0 Å². The number of carbonyl (C=O) groups is 1. The summed E-state index contributed by atoms with van der Waals surface area (Å²) in [5.41, 5.74) is 0. The van der Waals surface area contributed by atoms with E-state index in [9.17, 15) is 61.0 Å². The van der Waals surface area contributed by atoms with E-state index in [1.54, 1.807) is 0 Å². The van der Waals surface area contributed by atoms with Crippen molar-refractivity contribution < 1.29 is 89.4 Å². The number of allylic oxidation sites excluding steroid dienone is 12. The summed E-state index contributed by atoms with van der Waals surface area (Å²) < 4.78 is 34.1. The number of hydrogen-bond acceptors (Lipinski definition) is 18. The fourth-order valence-corrected chi connectivity index (χ4v) is 9.49. The van der Waals surface area contributed by atoms with Crippen LogP contribution >= 0.6 is 0 Å². The van der Waals surface area contributed by atoms with Crippen LogP contribution in [0, 0.1) is 0 Å². The molecule has 0 aromatic heterocycles. The predicted molar refractivity (Wildman–Crippen MR) is 295 cm³/mol. The van der Waals surface area contributed by atoms with Crippen LogP contribution in [-0.4, -0.2) is 193 Å². The SMILES string of the molecule is CC/C=C\C/C=C\C/C=C\C/C=C\C/C=C\C/C=C\CCCCCCCCCCCCC(=O)NC(COC1OC(CO)C(OC2OC(CO)C(OC3OC(CO)C(O)C(O)C3O)C(O)C2O)C(O)C1O)C(O)CCCCCC.